The molecule has 0 aliphatic carbocycles. The van der Waals surface area contributed by atoms with E-state index in [9.17, 15) is 74.6 Å². The fourth-order valence-corrected chi connectivity index (χ4v) is 4.88. The normalized spacial score (nSPS) is 28.1. The Labute approximate surface area is 225 Å². The van der Waals surface area contributed by atoms with Crippen LogP contribution in [0.25, 0.3) is 0 Å². The summed E-state index contributed by atoms with van der Waals surface area (Å²) in [6, 6.07) is 0. The number of ether oxygens (including phenoxy) is 4. The first-order valence-corrected chi connectivity index (χ1v) is 11.5. The van der Waals surface area contributed by atoms with Crippen LogP contribution in [0.15, 0.2) is 0 Å². The van der Waals surface area contributed by atoms with Crippen LogP contribution in [0.4, 0.5) is 74.6 Å². The Morgan fingerprint density at radius 3 is 1.48 bits per heavy atom. The molecule has 4 nitrogen and oxygen atoms in total. The molecule has 0 saturated carbocycles. The lowest BCUT2D eigenvalue weighted by atomic mass is 9.87. The largest absolute Gasteiger partial charge is 0.460 e. The molecule has 2 fully saturated rings. The number of hydrogen-bond donors (Lipinski definition) is 0. The quantitative estimate of drug-likeness (QED) is 0.136. The molecule has 2 aliphatic rings. The van der Waals surface area contributed by atoms with Crippen molar-refractivity contribution in [1.82, 2.24) is 0 Å². The van der Waals surface area contributed by atoms with E-state index in [0.29, 0.717) is 0 Å². The van der Waals surface area contributed by atoms with Crippen molar-refractivity contribution in [3.8, 4) is 0 Å². The Balaban J connectivity index is 2.41. The van der Waals surface area contributed by atoms with E-state index in [1.165, 1.54) is 13.8 Å². The highest BCUT2D eigenvalue weighted by atomic mass is 127. The lowest BCUT2D eigenvalue weighted by Crippen LogP contribution is -2.74. The summed E-state index contributed by atoms with van der Waals surface area (Å²) in [5.74, 6) is -58.0. The SMILES string of the molecule is CO[C@@H]1[C@H]2OC(C)(C)O[C@H]2O[C@@H]1C(I)CC(F)(F)C(F)(F)C(F)(F)C(F)(F)C(F)(F)C(F)(F)C(F)(F)C(F)(F)F. The molecular weight excluding hydrogens is 730 g/mol. The van der Waals surface area contributed by atoms with Crippen LogP contribution in [0.2, 0.25) is 0 Å². The van der Waals surface area contributed by atoms with Crippen LogP contribution < -0.4 is 0 Å². The first kappa shape index (κ1) is 35.6. The van der Waals surface area contributed by atoms with Gasteiger partial charge in [-0.3, -0.25) is 0 Å². The van der Waals surface area contributed by atoms with Gasteiger partial charge in [0, 0.05) is 17.5 Å². The van der Waals surface area contributed by atoms with Crippen LogP contribution in [0.3, 0.4) is 0 Å². The maximum absolute atomic E-state index is 14.4. The zero-order valence-corrected chi connectivity index (χ0v) is 21.7. The highest BCUT2D eigenvalue weighted by Crippen LogP contribution is 2.64. The highest BCUT2D eigenvalue weighted by Gasteiger charge is 2.95. The van der Waals surface area contributed by atoms with Crippen LogP contribution in [-0.4, -0.2) is 89.1 Å². The summed E-state index contributed by atoms with van der Waals surface area (Å²) in [5, 5.41) is 0. The first-order valence-electron chi connectivity index (χ1n) is 10.3. The van der Waals surface area contributed by atoms with Gasteiger partial charge in [0.15, 0.2) is 12.1 Å². The maximum Gasteiger partial charge on any atom is 0.460 e. The lowest BCUT2D eigenvalue weighted by molar-refractivity contribution is -0.461. The minimum atomic E-state index is -8.67. The molecule has 22 heteroatoms. The van der Waals surface area contributed by atoms with Crippen molar-refractivity contribution in [2.45, 2.75) is 102 Å². The van der Waals surface area contributed by atoms with E-state index in [4.69, 9.17) is 18.9 Å². The molecule has 1 unspecified atom stereocenters. The van der Waals surface area contributed by atoms with Crippen LogP contribution in [0.5, 0.6) is 0 Å². The van der Waals surface area contributed by atoms with Gasteiger partial charge in [0.25, 0.3) is 0 Å². The number of alkyl halides is 18. The summed E-state index contributed by atoms with van der Waals surface area (Å²) in [6.07, 6.45) is -16.4. The number of hydrogen-bond acceptors (Lipinski definition) is 4. The second-order valence-electron chi connectivity index (χ2n) is 9.14. The van der Waals surface area contributed by atoms with Gasteiger partial charge < -0.3 is 18.9 Å². The van der Waals surface area contributed by atoms with E-state index in [2.05, 4.69) is 0 Å². The summed E-state index contributed by atoms with van der Waals surface area (Å²) >= 11 is 0.860. The summed E-state index contributed by atoms with van der Waals surface area (Å²) in [7, 11) is 0.919. The van der Waals surface area contributed by atoms with E-state index in [1.807, 2.05) is 0 Å². The Bertz CT molecular complexity index is 938. The van der Waals surface area contributed by atoms with Crippen molar-refractivity contribution >= 4 is 22.6 Å². The van der Waals surface area contributed by atoms with Crippen molar-refractivity contribution in [2.24, 2.45) is 0 Å². The predicted octanol–water partition coefficient (Wildman–Crippen LogP) is 7.08. The van der Waals surface area contributed by atoms with E-state index < -0.39 is 88.4 Å². The molecule has 5 atom stereocenters. The Hall–Kier alpha value is -0.620. The van der Waals surface area contributed by atoms with Crippen LogP contribution in [-0.2, 0) is 18.9 Å². The average molecular weight is 746 g/mol. The van der Waals surface area contributed by atoms with E-state index in [0.717, 1.165) is 29.7 Å². The van der Waals surface area contributed by atoms with Crippen molar-refractivity contribution < 1.29 is 93.6 Å². The standard InChI is InChI=1S/C18H16F17IO4/c1-10(2)39-8-7(37-3)6(38-9(8)40-10)5(36)4-11(19,20)12(21,22)13(23,24)14(25,26)15(27,28)16(29,30)17(31,32)18(33,34)35/h5-9H,4H2,1-3H3/t5?,6-,7+,8-,9-/m1/s1. The maximum atomic E-state index is 14.4. The van der Waals surface area contributed by atoms with Gasteiger partial charge in [-0.2, -0.15) is 74.6 Å². The number of halogens is 18. The van der Waals surface area contributed by atoms with E-state index >= 15 is 0 Å². The molecule has 238 valence electrons. The molecule has 0 N–H and O–H groups in total. The molecule has 2 rings (SSSR count). The zero-order chi connectivity index (χ0) is 31.9. The van der Waals surface area contributed by atoms with Crippen LogP contribution >= 0.6 is 22.6 Å². The fourth-order valence-electron chi connectivity index (χ4n) is 3.75. The molecule has 0 radical (unpaired) electrons. The highest BCUT2D eigenvalue weighted by molar-refractivity contribution is 14.1. The van der Waals surface area contributed by atoms with Crippen molar-refractivity contribution in [3.63, 3.8) is 0 Å². The predicted molar refractivity (Wildman–Crippen MR) is 103 cm³/mol. The topological polar surface area (TPSA) is 36.9 Å². The van der Waals surface area contributed by atoms with Gasteiger partial charge >= 0.3 is 47.6 Å². The van der Waals surface area contributed by atoms with Gasteiger partial charge in [0.2, 0.25) is 0 Å². The summed E-state index contributed by atoms with van der Waals surface area (Å²) in [5.41, 5.74) is 0. The molecule has 40 heavy (non-hydrogen) atoms. The molecule has 0 bridgehead atoms. The number of rotatable bonds is 10. The van der Waals surface area contributed by atoms with Gasteiger partial charge in [-0.25, -0.2) is 0 Å². The lowest BCUT2D eigenvalue weighted by Gasteiger charge is -2.43. The van der Waals surface area contributed by atoms with Gasteiger partial charge in [-0.1, -0.05) is 22.6 Å². The minimum Gasteiger partial charge on any atom is -0.376 e. The molecule has 2 aliphatic heterocycles. The second kappa shape index (κ2) is 9.96. The molecule has 0 spiro atoms. The second-order valence-corrected chi connectivity index (χ2v) is 10.7. The van der Waals surface area contributed by atoms with E-state index in [-0.39, 0.29) is 0 Å². The smallest absolute Gasteiger partial charge is 0.376 e. The summed E-state index contributed by atoms with van der Waals surface area (Å²) in [4.78, 5) is 0. The Kier molecular flexibility index (Phi) is 8.86. The summed E-state index contributed by atoms with van der Waals surface area (Å²) < 4.78 is 247. The monoisotopic (exact) mass is 746 g/mol. The number of methoxy groups -OCH3 is 1. The van der Waals surface area contributed by atoms with Crippen LogP contribution in [0.1, 0.15) is 20.3 Å². The fraction of sp³-hybridized carbons (Fsp3) is 1.00. The van der Waals surface area contributed by atoms with Crippen molar-refractivity contribution in [2.75, 3.05) is 7.11 Å². The molecule has 0 amide bonds. The third-order valence-corrected chi connectivity index (χ3v) is 7.04. The molecular formula is C18H16F17IO4. The molecule has 0 aromatic heterocycles. The van der Waals surface area contributed by atoms with Gasteiger partial charge in [-0.05, 0) is 13.8 Å². The zero-order valence-electron chi connectivity index (χ0n) is 19.5. The summed E-state index contributed by atoms with van der Waals surface area (Å²) in [6.45, 7) is 2.69. The van der Waals surface area contributed by atoms with Crippen molar-refractivity contribution in [1.29, 1.82) is 0 Å². The third-order valence-electron chi connectivity index (χ3n) is 5.89. The molecule has 0 aromatic carbocycles. The average Bonchev–Trinajstić information content (AvgIpc) is 3.22. The third kappa shape index (κ3) is 5.01. The Morgan fingerprint density at radius 2 is 1.07 bits per heavy atom. The molecule has 0 aromatic rings. The van der Waals surface area contributed by atoms with Crippen molar-refractivity contribution in [3.05, 3.63) is 0 Å². The number of fused-ring (bicyclic) bond motifs is 1. The molecule has 2 saturated heterocycles. The van der Waals surface area contributed by atoms with Gasteiger partial charge in [-0.15, -0.1) is 0 Å². The van der Waals surface area contributed by atoms with Crippen LogP contribution in [0, 0.1) is 0 Å². The molecule has 2 heterocycles. The first-order chi connectivity index (χ1) is 17.4. The van der Waals surface area contributed by atoms with E-state index in [1.54, 1.807) is 0 Å². The van der Waals surface area contributed by atoms with Gasteiger partial charge in [0.05, 0.1) is 0 Å². The van der Waals surface area contributed by atoms with Gasteiger partial charge in [0.1, 0.15) is 18.3 Å². The Morgan fingerprint density at radius 1 is 0.675 bits per heavy atom. The minimum absolute atomic E-state index is 0.860.